The van der Waals surface area contributed by atoms with E-state index in [4.69, 9.17) is 0 Å². The third kappa shape index (κ3) is 4.27. The quantitative estimate of drug-likeness (QED) is 0.612. The number of hydrogen-bond acceptors (Lipinski definition) is 4. The molecule has 2 unspecified atom stereocenters. The van der Waals surface area contributed by atoms with E-state index in [2.05, 4.69) is 57.7 Å². The first-order chi connectivity index (χ1) is 9.85. The van der Waals surface area contributed by atoms with E-state index in [0.717, 1.165) is 32.1 Å². The smallest absolute Gasteiger partial charge is 0.169 e. The molecule has 2 atom stereocenters. The van der Waals surface area contributed by atoms with Crippen molar-refractivity contribution >= 4 is 5.78 Å². The van der Waals surface area contributed by atoms with Crippen molar-refractivity contribution in [2.75, 3.05) is 6.67 Å². The van der Waals surface area contributed by atoms with Crippen molar-refractivity contribution in [1.29, 1.82) is 0 Å². The minimum atomic E-state index is -0.245. The second-order valence-electron chi connectivity index (χ2n) is 7.17. The SMILES string of the molecule is CCC(C)(CC)CC(C(=O)C1NCNN1)C(C)(CC)CC. The molecule has 4 heteroatoms. The Balaban J connectivity index is 3.01. The predicted molar refractivity (Wildman–Crippen MR) is 88.6 cm³/mol. The number of ketones is 1. The van der Waals surface area contributed by atoms with Crippen LogP contribution in [-0.2, 0) is 4.79 Å². The fraction of sp³-hybridized carbons (Fsp3) is 0.941. The standard InChI is InChI=1S/C17H35N3O/c1-7-16(5,8-2)11-13(17(6,9-3)10-4)14(21)15-18-12-19-20-15/h13,15,18-20H,7-12H2,1-6H3. The molecule has 1 aliphatic rings. The van der Waals surface area contributed by atoms with E-state index in [9.17, 15) is 4.79 Å². The van der Waals surface area contributed by atoms with E-state index in [-0.39, 0.29) is 22.9 Å². The molecule has 4 nitrogen and oxygen atoms in total. The van der Waals surface area contributed by atoms with Crippen LogP contribution in [0.25, 0.3) is 0 Å². The summed E-state index contributed by atoms with van der Waals surface area (Å²) >= 11 is 0. The molecule has 0 aromatic carbocycles. The number of hydrogen-bond donors (Lipinski definition) is 3. The van der Waals surface area contributed by atoms with Crippen LogP contribution in [0.5, 0.6) is 0 Å². The molecule has 1 aliphatic heterocycles. The Morgan fingerprint density at radius 3 is 2.05 bits per heavy atom. The molecule has 3 N–H and O–H groups in total. The second-order valence-corrected chi connectivity index (χ2v) is 7.17. The van der Waals surface area contributed by atoms with E-state index < -0.39 is 0 Å². The van der Waals surface area contributed by atoms with Crippen LogP contribution in [-0.4, -0.2) is 18.6 Å². The van der Waals surface area contributed by atoms with Gasteiger partial charge in [-0.05, 0) is 17.3 Å². The van der Waals surface area contributed by atoms with Gasteiger partial charge in [0.05, 0.1) is 6.67 Å². The number of nitrogens with one attached hydrogen (secondary N) is 3. The van der Waals surface area contributed by atoms with E-state index in [1.54, 1.807) is 0 Å². The van der Waals surface area contributed by atoms with E-state index in [1.807, 2.05) is 0 Å². The Bertz CT molecular complexity index is 329. The third-order valence-electron chi connectivity index (χ3n) is 6.13. The summed E-state index contributed by atoms with van der Waals surface area (Å²) in [5.41, 5.74) is 6.40. The van der Waals surface area contributed by atoms with Crippen molar-refractivity contribution in [2.24, 2.45) is 16.7 Å². The Morgan fingerprint density at radius 2 is 1.67 bits per heavy atom. The van der Waals surface area contributed by atoms with Crippen LogP contribution in [0.1, 0.15) is 73.6 Å². The Kier molecular flexibility index (Phi) is 6.82. The fourth-order valence-electron chi connectivity index (χ4n) is 3.19. The normalized spacial score (nSPS) is 21.5. The molecule has 0 aliphatic carbocycles. The molecule has 21 heavy (non-hydrogen) atoms. The van der Waals surface area contributed by atoms with Crippen LogP contribution in [0.15, 0.2) is 0 Å². The summed E-state index contributed by atoms with van der Waals surface area (Å²) in [7, 11) is 0. The highest BCUT2D eigenvalue weighted by Crippen LogP contribution is 2.44. The van der Waals surface area contributed by atoms with Gasteiger partial charge in [0, 0.05) is 5.92 Å². The molecule has 1 heterocycles. The maximum Gasteiger partial charge on any atom is 0.169 e. The Hall–Kier alpha value is -0.450. The second kappa shape index (κ2) is 7.70. The van der Waals surface area contributed by atoms with Crippen molar-refractivity contribution in [2.45, 2.75) is 79.8 Å². The summed E-state index contributed by atoms with van der Waals surface area (Å²) in [6.45, 7) is 14.2. The van der Waals surface area contributed by atoms with Gasteiger partial charge in [-0.2, -0.15) is 0 Å². The minimum absolute atomic E-state index is 0.0780. The first kappa shape index (κ1) is 18.6. The number of hydrazine groups is 1. The molecule has 124 valence electrons. The number of rotatable bonds is 9. The molecule has 1 saturated heterocycles. The zero-order chi connectivity index (χ0) is 16.1. The van der Waals surface area contributed by atoms with Crippen molar-refractivity contribution < 1.29 is 4.79 Å². The van der Waals surface area contributed by atoms with Crippen LogP contribution in [0.2, 0.25) is 0 Å². The summed E-state index contributed by atoms with van der Waals surface area (Å²) < 4.78 is 0. The molecule has 1 fully saturated rings. The lowest BCUT2D eigenvalue weighted by Gasteiger charge is -2.41. The number of carbonyl (C=O) groups excluding carboxylic acids is 1. The summed E-state index contributed by atoms with van der Waals surface area (Å²) in [5, 5.41) is 3.21. The maximum atomic E-state index is 13.1. The van der Waals surface area contributed by atoms with E-state index >= 15 is 0 Å². The van der Waals surface area contributed by atoms with Gasteiger partial charge >= 0.3 is 0 Å². The first-order valence-corrected chi connectivity index (χ1v) is 8.61. The Labute approximate surface area is 130 Å². The van der Waals surface area contributed by atoms with Crippen LogP contribution in [0, 0.1) is 16.7 Å². The molecule has 0 bridgehead atoms. The van der Waals surface area contributed by atoms with Gasteiger partial charge in [0.15, 0.2) is 5.78 Å². The van der Waals surface area contributed by atoms with Crippen LogP contribution in [0.4, 0.5) is 0 Å². The molecular weight excluding hydrogens is 262 g/mol. The molecule has 0 aromatic heterocycles. The van der Waals surface area contributed by atoms with Crippen LogP contribution in [0.3, 0.4) is 0 Å². The molecule has 0 saturated carbocycles. The van der Waals surface area contributed by atoms with Crippen molar-refractivity contribution in [3.8, 4) is 0 Å². The van der Waals surface area contributed by atoms with Gasteiger partial charge in [-0.3, -0.25) is 10.1 Å². The van der Waals surface area contributed by atoms with Gasteiger partial charge in [-0.1, -0.05) is 67.2 Å². The average molecular weight is 297 g/mol. The lowest BCUT2D eigenvalue weighted by Crippen LogP contribution is -2.49. The van der Waals surface area contributed by atoms with Gasteiger partial charge < -0.3 is 0 Å². The third-order valence-corrected chi connectivity index (χ3v) is 6.13. The van der Waals surface area contributed by atoms with E-state index in [0.29, 0.717) is 12.5 Å². The van der Waals surface area contributed by atoms with Gasteiger partial charge in [0.1, 0.15) is 6.17 Å². The minimum Gasteiger partial charge on any atom is -0.296 e. The summed E-state index contributed by atoms with van der Waals surface area (Å²) in [4.78, 5) is 13.1. The molecular formula is C17H35N3O. The Morgan fingerprint density at radius 1 is 1.10 bits per heavy atom. The maximum absolute atomic E-state index is 13.1. The first-order valence-electron chi connectivity index (χ1n) is 8.61. The van der Waals surface area contributed by atoms with Gasteiger partial charge in [0.25, 0.3) is 0 Å². The molecule has 1 rings (SSSR count). The van der Waals surface area contributed by atoms with Crippen molar-refractivity contribution in [3.05, 3.63) is 0 Å². The summed E-state index contributed by atoms with van der Waals surface area (Å²) in [6.07, 6.45) is 5.08. The fourth-order valence-corrected chi connectivity index (χ4v) is 3.19. The predicted octanol–water partition coefficient (Wildman–Crippen LogP) is 3.20. The highest BCUT2D eigenvalue weighted by atomic mass is 16.1. The highest BCUT2D eigenvalue weighted by Gasteiger charge is 2.42. The lowest BCUT2D eigenvalue weighted by atomic mass is 9.63. The van der Waals surface area contributed by atoms with Gasteiger partial charge in [0.2, 0.25) is 0 Å². The van der Waals surface area contributed by atoms with Gasteiger partial charge in [-0.15, -0.1) is 0 Å². The molecule has 0 aromatic rings. The molecule has 0 amide bonds. The number of Topliss-reactive ketones (excluding diaryl/α,β-unsaturated/α-hetero) is 1. The monoisotopic (exact) mass is 297 g/mol. The largest absolute Gasteiger partial charge is 0.296 e. The summed E-state index contributed by atoms with van der Waals surface area (Å²) in [6, 6.07) is 0. The van der Waals surface area contributed by atoms with Crippen molar-refractivity contribution in [1.82, 2.24) is 16.2 Å². The van der Waals surface area contributed by atoms with Crippen LogP contribution < -0.4 is 16.2 Å². The summed E-state index contributed by atoms with van der Waals surface area (Å²) in [5.74, 6) is 0.418. The van der Waals surface area contributed by atoms with Crippen molar-refractivity contribution in [3.63, 3.8) is 0 Å². The molecule has 0 spiro atoms. The molecule has 0 radical (unpaired) electrons. The van der Waals surface area contributed by atoms with Crippen LogP contribution >= 0.6 is 0 Å². The van der Waals surface area contributed by atoms with E-state index in [1.165, 1.54) is 0 Å². The lowest BCUT2D eigenvalue weighted by molar-refractivity contribution is -0.131. The zero-order valence-electron chi connectivity index (χ0n) is 14.8. The zero-order valence-corrected chi connectivity index (χ0v) is 14.8. The average Bonchev–Trinajstić information content (AvgIpc) is 3.05. The number of carbonyl (C=O) groups is 1. The topological polar surface area (TPSA) is 53.2 Å². The van der Waals surface area contributed by atoms with Gasteiger partial charge in [-0.25, -0.2) is 10.9 Å². The highest BCUT2D eigenvalue weighted by molar-refractivity contribution is 5.86.